The number of ether oxygens (including phenoxy) is 1. The SMILES string of the molecule is CC(C)Oc1cccc(C(=O)c2cc(Cl)ccc2I)c1. The van der Waals surface area contributed by atoms with Crippen LogP contribution >= 0.6 is 34.2 Å². The highest BCUT2D eigenvalue weighted by Crippen LogP contribution is 2.23. The molecule has 0 bridgehead atoms. The van der Waals surface area contributed by atoms with Gasteiger partial charge in [0, 0.05) is 19.7 Å². The molecule has 0 aliphatic heterocycles. The number of halogens is 2. The largest absolute Gasteiger partial charge is 0.491 e. The number of benzene rings is 2. The third-order valence-corrected chi connectivity index (χ3v) is 3.82. The molecule has 0 amide bonds. The van der Waals surface area contributed by atoms with Crippen LogP contribution in [-0.4, -0.2) is 11.9 Å². The lowest BCUT2D eigenvalue weighted by molar-refractivity contribution is 0.103. The van der Waals surface area contributed by atoms with Crippen molar-refractivity contribution in [3.8, 4) is 5.75 Å². The Labute approximate surface area is 137 Å². The summed E-state index contributed by atoms with van der Waals surface area (Å²) < 4.78 is 6.50. The van der Waals surface area contributed by atoms with E-state index in [1.807, 2.05) is 32.0 Å². The van der Waals surface area contributed by atoms with Gasteiger partial charge in [-0.05, 0) is 66.8 Å². The molecule has 0 saturated carbocycles. The van der Waals surface area contributed by atoms with Crippen molar-refractivity contribution < 1.29 is 9.53 Å². The molecule has 0 N–H and O–H groups in total. The van der Waals surface area contributed by atoms with Gasteiger partial charge in [-0.25, -0.2) is 0 Å². The van der Waals surface area contributed by atoms with Crippen molar-refractivity contribution in [1.82, 2.24) is 0 Å². The van der Waals surface area contributed by atoms with E-state index in [2.05, 4.69) is 22.6 Å². The van der Waals surface area contributed by atoms with Gasteiger partial charge < -0.3 is 4.74 Å². The Hall–Kier alpha value is -1.07. The van der Waals surface area contributed by atoms with E-state index in [9.17, 15) is 4.79 Å². The fourth-order valence-electron chi connectivity index (χ4n) is 1.81. The topological polar surface area (TPSA) is 26.3 Å². The van der Waals surface area contributed by atoms with E-state index in [1.54, 1.807) is 24.3 Å². The van der Waals surface area contributed by atoms with Crippen molar-refractivity contribution in [1.29, 1.82) is 0 Å². The zero-order valence-electron chi connectivity index (χ0n) is 11.2. The van der Waals surface area contributed by atoms with Crippen LogP contribution in [0.4, 0.5) is 0 Å². The number of hydrogen-bond donors (Lipinski definition) is 0. The molecular formula is C16H14ClIO2. The summed E-state index contributed by atoms with van der Waals surface area (Å²) >= 11 is 8.11. The van der Waals surface area contributed by atoms with Gasteiger partial charge in [0.15, 0.2) is 5.78 Å². The number of hydrogen-bond acceptors (Lipinski definition) is 2. The fraction of sp³-hybridized carbons (Fsp3) is 0.188. The van der Waals surface area contributed by atoms with Crippen LogP contribution < -0.4 is 4.74 Å². The zero-order valence-corrected chi connectivity index (χ0v) is 14.1. The summed E-state index contributed by atoms with van der Waals surface area (Å²) in [6, 6.07) is 12.5. The van der Waals surface area contributed by atoms with E-state index < -0.39 is 0 Å². The molecule has 0 heterocycles. The highest BCUT2D eigenvalue weighted by Gasteiger charge is 2.14. The fourth-order valence-corrected chi connectivity index (χ4v) is 2.56. The lowest BCUT2D eigenvalue weighted by Gasteiger charge is -2.11. The van der Waals surface area contributed by atoms with E-state index in [0.717, 1.165) is 3.57 Å². The normalized spacial score (nSPS) is 10.7. The molecule has 0 saturated heterocycles. The first kappa shape index (κ1) is 15.3. The minimum absolute atomic E-state index is 0.0499. The molecule has 2 aromatic rings. The summed E-state index contributed by atoms with van der Waals surface area (Å²) in [6.07, 6.45) is 0.0756. The third-order valence-electron chi connectivity index (χ3n) is 2.64. The van der Waals surface area contributed by atoms with Gasteiger partial charge in [-0.1, -0.05) is 23.7 Å². The zero-order chi connectivity index (χ0) is 14.7. The monoisotopic (exact) mass is 400 g/mol. The van der Waals surface area contributed by atoms with Gasteiger partial charge in [-0.15, -0.1) is 0 Å². The van der Waals surface area contributed by atoms with Crippen molar-refractivity contribution in [2.45, 2.75) is 20.0 Å². The summed E-state index contributed by atoms with van der Waals surface area (Å²) in [5.74, 6) is 0.647. The summed E-state index contributed by atoms with van der Waals surface area (Å²) in [4.78, 5) is 12.5. The Balaban J connectivity index is 2.35. The van der Waals surface area contributed by atoms with Crippen LogP contribution in [0.15, 0.2) is 42.5 Å². The molecule has 0 aliphatic carbocycles. The third kappa shape index (κ3) is 3.73. The van der Waals surface area contributed by atoms with E-state index in [4.69, 9.17) is 16.3 Å². The van der Waals surface area contributed by atoms with Crippen molar-refractivity contribution in [3.05, 3.63) is 62.2 Å². The van der Waals surface area contributed by atoms with Crippen molar-refractivity contribution in [2.75, 3.05) is 0 Å². The van der Waals surface area contributed by atoms with Gasteiger partial charge in [0.25, 0.3) is 0 Å². The molecule has 0 aliphatic rings. The standard InChI is InChI=1S/C16H14ClIO2/c1-10(2)20-13-5-3-4-11(8-13)16(19)14-9-12(17)6-7-15(14)18/h3-10H,1-2H3. The molecule has 0 spiro atoms. The maximum Gasteiger partial charge on any atom is 0.194 e. The molecule has 2 rings (SSSR count). The second kappa shape index (κ2) is 6.59. The summed E-state index contributed by atoms with van der Waals surface area (Å²) in [5.41, 5.74) is 1.21. The van der Waals surface area contributed by atoms with Crippen molar-refractivity contribution in [2.24, 2.45) is 0 Å². The van der Waals surface area contributed by atoms with Gasteiger partial charge >= 0.3 is 0 Å². The van der Waals surface area contributed by atoms with Crippen LogP contribution in [0, 0.1) is 3.57 Å². The van der Waals surface area contributed by atoms with Gasteiger partial charge in [0.2, 0.25) is 0 Å². The van der Waals surface area contributed by atoms with Gasteiger partial charge in [-0.2, -0.15) is 0 Å². The van der Waals surface area contributed by atoms with E-state index in [1.165, 1.54) is 0 Å². The van der Waals surface area contributed by atoms with Gasteiger partial charge in [0.1, 0.15) is 5.75 Å². The average Bonchev–Trinajstić information content (AvgIpc) is 2.40. The first-order valence-electron chi connectivity index (χ1n) is 6.24. The Kier molecular flexibility index (Phi) is 5.05. The summed E-state index contributed by atoms with van der Waals surface area (Å²) in [7, 11) is 0. The molecule has 20 heavy (non-hydrogen) atoms. The number of carbonyl (C=O) groups excluding carboxylic acids is 1. The molecule has 2 aromatic carbocycles. The highest BCUT2D eigenvalue weighted by atomic mass is 127. The smallest absolute Gasteiger partial charge is 0.194 e. The molecule has 2 nitrogen and oxygen atoms in total. The van der Waals surface area contributed by atoms with Gasteiger partial charge in [-0.3, -0.25) is 4.79 Å². The van der Waals surface area contributed by atoms with Crippen LogP contribution in [0.2, 0.25) is 5.02 Å². The number of ketones is 1. The number of carbonyl (C=O) groups is 1. The molecule has 104 valence electrons. The summed E-state index contributed by atoms with van der Waals surface area (Å²) in [6.45, 7) is 3.91. The predicted molar refractivity (Wildman–Crippen MR) is 89.8 cm³/mol. The minimum atomic E-state index is -0.0499. The Morgan fingerprint density at radius 1 is 1.20 bits per heavy atom. The lowest BCUT2D eigenvalue weighted by atomic mass is 10.0. The first-order chi connectivity index (χ1) is 9.47. The Morgan fingerprint density at radius 2 is 1.95 bits per heavy atom. The molecule has 0 unspecified atom stereocenters. The Bertz CT molecular complexity index is 638. The second-order valence-electron chi connectivity index (χ2n) is 4.65. The van der Waals surface area contributed by atoms with Crippen LogP contribution in [0.1, 0.15) is 29.8 Å². The first-order valence-corrected chi connectivity index (χ1v) is 7.69. The maximum absolute atomic E-state index is 12.5. The molecule has 0 radical (unpaired) electrons. The number of rotatable bonds is 4. The Morgan fingerprint density at radius 3 is 2.65 bits per heavy atom. The van der Waals surface area contributed by atoms with Gasteiger partial charge in [0.05, 0.1) is 6.10 Å². The van der Waals surface area contributed by atoms with Crippen LogP contribution in [-0.2, 0) is 0 Å². The van der Waals surface area contributed by atoms with Crippen molar-refractivity contribution >= 4 is 40.0 Å². The van der Waals surface area contributed by atoms with E-state index in [0.29, 0.717) is 21.9 Å². The highest BCUT2D eigenvalue weighted by molar-refractivity contribution is 14.1. The van der Waals surface area contributed by atoms with Crippen LogP contribution in [0.25, 0.3) is 0 Å². The quantitative estimate of drug-likeness (QED) is 0.535. The average molecular weight is 401 g/mol. The molecule has 0 atom stereocenters. The molecule has 4 heteroatoms. The van der Waals surface area contributed by atoms with E-state index in [-0.39, 0.29) is 11.9 Å². The minimum Gasteiger partial charge on any atom is -0.491 e. The van der Waals surface area contributed by atoms with Crippen LogP contribution in [0.5, 0.6) is 5.75 Å². The maximum atomic E-state index is 12.5. The molecule has 0 aromatic heterocycles. The molecule has 0 fully saturated rings. The lowest BCUT2D eigenvalue weighted by Crippen LogP contribution is -2.07. The summed E-state index contributed by atoms with van der Waals surface area (Å²) in [5, 5.41) is 0.559. The molecular weight excluding hydrogens is 387 g/mol. The second-order valence-corrected chi connectivity index (χ2v) is 6.25. The predicted octanol–water partition coefficient (Wildman–Crippen LogP) is 4.96. The van der Waals surface area contributed by atoms with Crippen LogP contribution in [0.3, 0.4) is 0 Å². The van der Waals surface area contributed by atoms with E-state index >= 15 is 0 Å². The van der Waals surface area contributed by atoms with Crippen molar-refractivity contribution in [3.63, 3.8) is 0 Å².